The Bertz CT molecular complexity index is 344. The number of benzene rings is 1. The molecule has 0 saturated carbocycles. The standard InChI is InChI=1S/C16H26N2O/c1-2-14-3-5-15(6-4-14)7-9-17-10-8-16-13-18-11-12-19-16/h3-6,16-18H,2,7-13H2,1H3. The molecule has 1 aliphatic heterocycles. The summed E-state index contributed by atoms with van der Waals surface area (Å²) < 4.78 is 5.67. The van der Waals surface area contributed by atoms with E-state index in [0.717, 1.165) is 52.0 Å². The van der Waals surface area contributed by atoms with Crippen LogP contribution in [-0.2, 0) is 17.6 Å². The molecule has 1 aromatic carbocycles. The van der Waals surface area contributed by atoms with Crippen molar-refractivity contribution in [1.29, 1.82) is 0 Å². The molecule has 1 unspecified atom stereocenters. The Kier molecular flexibility index (Phi) is 6.34. The summed E-state index contributed by atoms with van der Waals surface area (Å²) in [5, 5.41) is 6.86. The van der Waals surface area contributed by atoms with Gasteiger partial charge in [0.15, 0.2) is 0 Å². The van der Waals surface area contributed by atoms with Crippen molar-refractivity contribution < 1.29 is 4.74 Å². The first kappa shape index (κ1) is 14.5. The van der Waals surface area contributed by atoms with Gasteiger partial charge < -0.3 is 15.4 Å². The molecule has 1 saturated heterocycles. The summed E-state index contributed by atoms with van der Waals surface area (Å²) in [5.41, 5.74) is 2.83. The number of hydrogen-bond acceptors (Lipinski definition) is 3. The smallest absolute Gasteiger partial charge is 0.0712 e. The highest BCUT2D eigenvalue weighted by atomic mass is 16.5. The molecule has 0 amide bonds. The van der Waals surface area contributed by atoms with Crippen LogP contribution in [0.2, 0.25) is 0 Å². The lowest BCUT2D eigenvalue weighted by molar-refractivity contribution is 0.0239. The van der Waals surface area contributed by atoms with Crippen LogP contribution in [0.5, 0.6) is 0 Å². The summed E-state index contributed by atoms with van der Waals surface area (Å²) >= 11 is 0. The fraction of sp³-hybridized carbons (Fsp3) is 0.625. The van der Waals surface area contributed by atoms with E-state index in [1.807, 2.05) is 0 Å². The van der Waals surface area contributed by atoms with Crippen molar-refractivity contribution in [2.24, 2.45) is 0 Å². The third-order valence-electron chi connectivity index (χ3n) is 3.67. The second-order valence-corrected chi connectivity index (χ2v) is 5.16. The summed E-state index contributed by atoms with van der Waals surface area (Å²) in [7, 11) is 0. The monoisotopic (exact) mass is 262 g/mol. The van der Waals surface area contributed by atoms with Gasteiger partial charge in [-0.15, -0.1) is 0 Å². The van der Waals surface area contributed by atoms with Gasteiger partial charge in [-0.25, -0.2) is 0 Å². The molecular formula is C16H26N2O. The molecular weight excluding hydrogens is 236 g/mol. The highest BCUT2D eigenvalue weighted by Crippen LogP contribution is 2.05. The van der Waals surface area contributed by atoms with Gasteiger partial charge in [0.25, 0.3) is 0 Å². The Morgan fingerprint density at radius 3 is 2.68 bits per heavy atom. The van der Waals surface area contributed by atoms with Gasteiger partial charge in [-0.1, -0.05) is 31.2 Å². The predicted octanol–water partition coefficient (Wildman–Crippen LogP) is 1.76. The first-order valence-corrected chi connectivity index (χ1v) is 7.49. The van der Waals surface area contributed by atoms with Gasteiger partial charge in [-0.3, -0.25) is 0 Å². The van der Waals surface area contributed by atoms with E-state index in [2.05, 4.69) is 41.8 Å². The van der Waals surface area contributed by atoms with Crippen LogP contribution in [0.3, 0.4) is 0 Å². The maximum Gasteiger partial charge on any atom is 0.0712 e. The summed E-state index contributed by atoms with van der Waals surface area (Å²) in [6.45, 7) is 7.13. The van der Waals surface area contributed by atoms with E-state index in [-0.39, 0.29) is 0 Å². The average Bonchev–Trinajstić information content (AvgIpc) is 2.49. The molecule has 106 valence electrons. The van der Waals surface area contributed by atoms with Gasteiger partial charge >= 0.3 is 0 Å². The maximum atomic E-state index is 5.67. The summed E-state index contributed by atoms with van der Waals surface area (Å²) in [4.78, 5) is 0. The maximum absolute atomic E-state index is 5.67. The normalized spacial score (nSPS) is 19.5. The van der Waals surface area contributed by atoms with Gasteiger partial charge in [0.2, 0.25) is 0 Å². The first-order chi connectivity index (χ1) is 9.38. The first-order valence-electron chi connectivity index (χ1n) is 7.49. The zero-order chi connectivity index (χ0) is 13.3. The van der Waals surface area contributed by atoms with E-state index in [9.17, 15) is 0 Å². The molecule has 1 heterocycles. The van der Waals surface area contributed by atoms with E-state index in [1.54, 1.807) is 0 Å². The zero-order valence-corrected chi connectivity index (χ0v) is 12.0. The van der Waals surface area contributed by atoms with E-state index in [1.165, 1.54) is 11.1 Å². The Morgan fingerprint density at radius 1 is 1.21 bits per heavy atom. The molecule has 1 aliphatic rings. The Balaban J connectivity index is 1.55. The Hall–Kier alpha value is -0.900. The molecule has 3 nitrogen and oxygen atoms in total. The summed E-state index contributed by atoms with van der Waals surface area (Å²) in [5.74, 6) is 0. The average molecular weight is 262 g/mol. The van der Waals surface area contributed by atoms with Gasteiger partial charge in [0, 0.05) is 13.1 Å². The van der Waals surface area contributed by atoms with Crippen LogP contribution >= 0.6 is 0 Å². The minimum atomic E-state index is 0.394. The van der Waals surface area contributed by atoms with Crippen molar-refractivity contribution in [2.75, 3.05) is 32.8 Å². The highest BCUT2D eigenvalue weighted by Gasteiger charge is 2.11. The van der Waals surface area contributed by atoms with E-state index in [0.29, 0.717) is 6.10 Å². The number of morpholine rings is 1. The lowest BCUT2D eigenvalue weighted by Crippen LogP contribution is -2.40. The van der Waals surface area contributed by atoms with Crippen molar-refractivity contribution in [1.82, 2.24) is 10.6 Å². The molecule has 2 N–H and O–H groups in total. The Labute approximate surface area is 116 Å². The van der Waals surface area contributed by atoms with Crippen molar-refractivity contribution in [3.05, 3.63) is 35.4 Å². The van der Waals surface area contributed by atoms with Crippen molar-refractivity contribution in [3.63, 3.8) is 0 Å². The second kappa shape index (κ2) is 8.31. The fourth-order valence-electron chi connectivity index (χ4n) is 2.37. The van der Waals surface area contributed by atoms with Crippen LogP contribution in [0.15, 0.2) is 24.3 Å². The number of aryl methyl sites for hydroxylation is 1. The lowest BCUT2D eigenvalue weighted by Gasteiger charge is -2.23. The molecule has 1 fully saturated rings. The molecule has 0 spiro atoms. The van der Waals surface area contributed by atoms with Crippen LogP contribution in [-0.4, -0.2) is 38.9 Å². The fourth-order valence-corrected chi connectivity index (χ4v) is 2.37. The quantitative estimate of drug-likeness (QED) is 0.735. The van der Waals surface area contributed by atoms with Crippen molar-refractivity contribution in [2.45, 2.75) is 32.3 Å². The molecule has 1 atom stereocenters. The molecule has 0 radical (unpaired) electrons. The molecule has 0 aliphatic carbocycles. The summed E-state index contributed by atoms with van der Waals surface area (Å²) in [6, 6.07) is 8.96. The second-order valence-electron chi connectivity index (χ2n) is 5.16. The van der Waals surface area contributed by atoms with Crippen LogP contribution in [0.4, 0.5) is 0 Å². The minimum Gasteiger partial charge on any atom is -0.376 e. The number of rotatable bonds is 7. The van der Waals surface area contributed by atoms with Crippen LogP contribution in [0.25, 0.3) is 0 Å². The van der Waals surface area contributed by atoms with Crippen LogP contribution in [0.1, 0.15) is 24.5 Å². The largest absolute Gasteiger partial charge is 0.376 e. The topological polar surface area (TPSA) is 33.3 Å². The third kappa shape index (κ3) is 5.31. The van der Waals surface area contributed by atoms with Crippen LogP contribution in [0, 0.1) is 0 Å². The SMILES string of the molecule is CCc1ccc(CCNCCC2CNCCO2)cc1. The number of hydrogen-bond donors (Lipinski definition) is 2. The third-order valence-corrected chi connectivity index (χ3v) is 3.67. The Morgan fingerprint density at radius 2 is 2.00 bits per heavy atom. The number of nitrogens with one attached hydrogen (secondary N) is 2. The molecule has 0 aromatic heterocycles. The molecule has 19 heavy (non-hydrogen) atoms. The van der Waals surface area contributed by atoms with Gasteiger partial charge in [0.1, 0.15) is 0 Å². The molecule has 2 rings (SSSR count). The zero-order valence-electron chi connectivity index (χ0n) is 12.0. The van der Waals surface area contributed by atoms with Gasteiger partial charge in [-0.2, -0.15) is 0 Å². The summed E-state index contributed by atoms with van der Waals surface area (Å²) in [6.07, 6.45) is 3.72. The molecule has 0 bridgehead atoms. The van der Waals surface area contributed by atoms with E-state index < -0.39 is 0 Å². The van der Waals surface area contributed by atoms with E-state index in [4.69, 9.17) is 4.74 Å². The van der Waals surface area contributed by atoms with Gasteiger partial charge in [0.05, 0.1) is 12.7 Å². The molecule has 1 aromatic rings. The number of ether oxygens (including phenoxy) is 1. The van der Waals surface area contributed by atoms with Gasteiger partial charge in [-0.05, 0) is 43.5 Å². The molecule has 3 heteroatoms. The highest BCUT2D eigenvalue weighted by molar-refractivity contribution is 5.22. The van der Waals surface area contributed by atoms with Crippen molar-refractivity contribution in [3.8, 4) is 0 Å². The minimum absolute atomic E-state index is 0.394. The lowest BCUT2D eigenvalue weighted by atomic mass is 10.1. The van der Waals surface area contributed by atoms with Crippen LogP contribution < -0.4 is 10.6 Å². The van der Waals surface area contributed by atoms with E-state index >= 15 is 0 Å². The van der Waals surface area contributed by atoms with Crippen molar-refractivity contribution >= 4 is 0 Å². The predicted molar refractivity (Wildman–Crippen MR) is 79.6 cm³/mol.